The molecule has 1 atom stereocenters. The number of hydrogen-bond acceptors (Lipinski definition) is 2. The van der Waals surface area contributed by atoms with E-state index in [2.05, 4.69) is 12.6 Å². The lowest BCUT2D eigenvalue weighted by molar-refractivity contribution is 0.233. The van der Waals surface area contributed by atoms with Gasteiger partial charge >= 0.3 is 0 Å². The molecule has 0 aromatic carbocycles. The van der Waals surface area contributed by atoms with Gasteiger partial charge in [-0.3, -0.25) is 4.79 Å². The fraction of sp³-hybridized carbons (Fsp3) is 0.800. The molecule has 4 heteroatoms. The lowest BCUT2D eigenvalue weighted by Gasteiger charge is -2.10. The number of nitrogens with two attached hydrogens (primary N) is 1. The summed E-state index contributed by atoms with van der Waals surface area (Å²) in [5.41, 5.74) is 5.54. The molecular weight excluding hydrogens is 136 g/mol. The zero-order chi connectivity index (χ0) is 6.85. The van der Waals surface area contributed by atoms with Gasteiger partial charge in [0.1, 0.15) is 0 Å². The predicted molar refractivity (Wildman–Crippen MR) is 38.5 cm³/mol. The van der Waals surface area contributed by atoms with E-state index < -0.39 is 0 Å². The highest BCUT2D eigenvalue weighted by molar-refractivity contribution is 7.96. The standard InChI is InChI=1S/C5H10N2OS/c6-4-1-2-7(3-4)5(8)9/h4H,1-3,6H2,(H,8,9)/t4-/m1/s1. The van der Waals surface area contributed by atoms with Gasteiger partial charge in [-0.05, 0) is 6.42 Å². The van der Waals surface area contributed by atoms with Crippen molar-refractivity contribution < 1.29 is 4.79 Å². The Balaban J connectivity index is 2.39. The number of carbonyl (C=O) groups is 1. The molecule has 1 heterocycles. The third kappa shape index (κ3) is 1.59. The lowest BCUT2D eigenvalue weighted by Crippen LogP contribution is -2.28. The van der Waals surface area contributed by atoms with Crippen LogP contribution in [-0.2, 0) is 0 Å². The van der Waals surface area contributed by atoms with Gasteiger partial charge in [0.25, 0.3) is 5.24 Å². The molecule has 1 saturated heterocycles. The summed E-state index contributed by atoms with van der Waals surface area (Å²) in [4.78, 5) is 12.2. The van der Waals surface area contributed by atoms with Crippen molar-refractivity contribution >= 4 is 17.9 Å². The smallest absolute Gasteiger partial charge is 0.278 e. The largest absolute Gasteiger partial charge is 0.332 e. The van der Waals surface area contributed by atoms with Crippen LogP contribution in [0.15, 0.2) is 0 Å². The Labute approximate surface area is 59.6 Å². The molecule has 1 amide bonds. The number of nitrogens with zero attached hydrogens (tertiary/aromatic N) is 1. The summed E-state index contributed by atoms with van der Waals surface area (Å²) in [6.45, 7) is 1.44. The molecule has 0 spiro atoms. The third-order valence-electron chi connectivity index (χ3n) is 1.50. The molecule has 0 bridgehead atoms. The Hall–Kier alpha value is -0.220. The van der Waals surface area contributed by atoms with Crippen LogP contribution in [0.3, 0.4) is 0 Å². The van der Waals surface area contributed by atoms with Gasteiger partial charge in [-0.15, -0.1) is 0 Å². The van der Waals surface area contributed by atoms with Crippen molar-refractivity contribution in [3.05, 3.63) is 0 Å². The summed E-state index contributed by atoms with van der Waals surface area (Å²) in [7, 11) is 0. The summed E-state index contributed by atoms with van der Waals surface area (Å²) >= 11 is 3.67. The number of carbonyl (C=O) groups excluding carboxylic acids is 1. The maximum absolute atomic E-state index is 10.5. The van der Waals surface area contributed by atoms with Crippen LogP contribution < -0.4 is 5.73 Å². The second-order valence-electron chi connectivity index (χ2n) is 2.28. The van der Waals surface area contributed by atoms with Gasteiger partial charge in [-0.2, -0.15) is 0 Å². The van der Waals surface area contributed by atoms with Gasteiger partial charge in [-0.1, -0.05) is 12.6 Å². The van der Waals surface area contributed by atoms with Gasteiger partial charge in [-0.25, -0.2) is 0 Å². The van der Waals surface area contributed by atoms with E-state index in [0.717, 1.165) is 13.0 Å². The van der Waals surface area contributed by atoms with Crippen molar-refractivity contribution in [2.75, 3.05) is 13.1 Å². The highest BCUT2D eigenvalue weighted by atomic mass is 32.1. The SMILES string of the molecule is N[C@@H]1CCN(C(=O)S)C1. The normalized spacial score (nSPS) is 26.9. The highest BCUT2D eigenvalue weighted by Gasteiger charge is 2.20. The Morgan fingerprint density at radius 1 is 1.78 bits per heavy atom. The molecule has 1 aliphatic rings. The molecule has 1 fully saturated rings. The maximum atomic E-state index is 10.5. The van der Waals surface area contributed by atoms with Gasteiger partial charge in [0, 0.05) is 19.1 Å². The molecule has 9 heavy (non-hydrogen) atoms. The Morgan fingerprint density at radius 2 is 2.44 bits per heavy atom. The van der Waals surface area contributed by atoms with E-state index in [4.69, 9.17) is 5.73 Å². The molecule has 0 aromatic rings. The van der Waals surface area contributed by atoms with Gasteiger partial charge < -0.3 is 10.6 Å². The van der Waals surface area contributed by atoms with E-state index in [1.807, 2.05) is 0 Å². The second-order valence-corrected chi connectivity index (χ2v) is 2.66. The van der Waals surface area contributed by atoms with Crippen molar-refractivity contribution in [1.82, 2.24) is 4.90 Å². The van der Waals surface area contributed by atoms with Crippen LogP contribution in [0.25, 0.3) is 0 Å². The summed E-state index contributed by atoms with van der Waals surface area (Å²) in [6.07, 6.45) is 0.909. The van der Waals surface area contributed by atoms with E-state index >= 15 is 0 Å². The summed E-state index contributed by atoms with van der Waals surface area (Å²) in [5, 5.41) is -0.164. The van der Waals surface area contributed by atoms with Gasteiger partial charge in [0.15, 0.2) is 0 Å². The molecule has 2 N–H and O–H groups in total. The van der Waals surface area contributed by atoms with Crippen molar-refractivity contribution in [3.63, 3.8) is 0 Å². The molecule has 1 rings (SSSR count). The van der Waals surface area contributed by atoms with Crippen LogP contribution in [-0.4, -0.2) is 29.3 Å². The molecule has 0 saturated carbocycles. The Kier molecular flexibility index (Phi) is 1.97. The average molecular weight is 146 g/mol. The lowest BCUT2D eigenvalue weighted by atomic mass is 10.3. The average Bonchev–Trinajstić information content (AvgIpc) is 2.14. The molecule has 1 aliphatic heterocycles. The van der Waals surface area contributed by atoms with Gasteiger partial charge in [0.05, 0.1) is 0 Å². The van der Waals surface area contributed by atoms with Crippen molar-refractivity contribution in [2.24, 2.45) is 5.73 Å². The molecule has 0 unspecified atom stereocenters. The van der Waals surface area contributed by atoms with E-state index in [0.29, 0.717) is 6.54 Å². The Bertz CT molecular complexity index is 128. The first-order chi connectivity index (χ1) is 4.20. The molecule has 3 nitrogen and oxygen atoms in total. The minimum atomic E-state index is -0.164. The van der Waals surface area contributed by atoms with Gasteiger partial charge in [0.2, 0.25) is 0 Å². The highest BCUT2D eigenvalue weighted by Crippen LogP contribution is 2.08. The molecule has 52 valence electrons. The predicted octanol–water partition coefficient (Wildman–Crippen LogP) is 0.0692. The van der Waals surface area contributed by atoms with Crippen LogP contribution in [0.5, 0.6) is 0 Å². The zero-order valence-corrected chi connectivity index (χ0v) is 5.97. The first kappa shape index (κ1) is 6.89. The monoisotopic (exact) mass is 146 g/mol. The van der Waals surface area contributed by atoms with E-state index in [1.165, 1.54) is 0 Å². The van der Waals surface area contributed by atoms with Crippen LogP contribution in [0.2, 0.25) is 0 Å². The number of amides is 1. The zero-order valence-electron chi connectivity index (χ0n) is 5.08. The second kappa shape index (κ2) is 2.58. The number of likely N-dealkylation sites (tertiary alicyclic amines) is 1. The first-order valence-corrected chi connectivity index (χ1v) is 3.38. The third-order valence-corrected chi connectivity index (χ3v) is 1.78. The summed E-state index contributed by atoms with van der Waals surface area (Å²) < 4.78 is 0. The maximum Gasteiger partial charge on any atom is 0.278 e. The molecule has 0 aromatic heterocycles. The fourth-order valence-corrected chi connectivity index (χ4v) is 1.14. The topological polar surface area (TPSA) is 46.3 Å². The van der Waals surface area contributed by atoms with Crippen LogP contribution in [0.1, 0.15) is 6.42 Å². The number of rotatable bonds is 0. The minimum absolute atomic E-state index is 0.164. The van der Waals surface area contributed by atoms with E-state index in [-0.39, 0.29) is 11.3 Å². The van der Waals surface area contributed by atoms with Crippen LogP contribution >= 0.6 is 12.6 Å². The Morgan fingerprint density at radius 3 is 2.67 bits per heavy atom. The number of thiol groups is 1. The van der Waals surface area contributed by atoms with E-state index in [1.54, 1.807) is 4.90 Å². The van der Waals surface area contributed by atoms with Crippen LogP contribution in [0, 0.1) is 0 Å². The molecular formula is C5H10N2OS. The van der Waals surface area contributed by atoms with E-state index in [9.17, 15) is 4.79 Å². The van der Waals surface area contributed by atoms with Crippen LogP contribution in [0.4, 0.5) is 4.79 Å². The number of hydrogen-bond donors (Lipinski definition) is 2. The summed E-state index contributed by atoms with van der Waals surface area (Å²) in [6, 6.07) is 0.168. The van der Waals surface area contributed by atoms with Crippen molar-refractivity contribution in [1.29, 1.82) is 0 Å². The summed E-state index contributed by atoms with van der Waals surface area (Å²) in [5.74, 6) is 0. The molecule has 0 aliphatic carbocycles. The fourth-order valence-electron chi connectivity index (χ4n) is 0.961. The first-order valence-electron chi connectivity index (χ1n) is 2.93. The molecule has 0 radical (unpaired) electrons. The van der Waals surface area contributed by atoms with Crippen molar-refractivity contribution in [2.45, 2.75) is 12.5 Å². The quantitative estimate of drug-likeness (QED) is 0.475. The van der Waals surface area contributed by atoms with Crippen molar-refractivity contribution in [3.8, 4) is 0 Å². The minimum Gasteiger partial charge on any atom is -0.332 e.